The minimum Gasteiger partial charge on any atom is -0.444 e. The number of ether oxygens (including phenoxy) is 1. The molecule has 0 radical (unpaired) electrons. The first kappa shape index (κ1) is 14.4. The molecule has 1 N–H and O–H groups in total. The number of aryl methyl sites for hydroxylation is 1. The molecular formula is C15H23NO2S. The molecule has 1 heterocycles. The van der Waals surface area contributed by atoms with Gasteiger partial charge >= 0.3 is 6.09 Å². The maximum Gasteiger partial charge on any atom is 0.412 e. The van der Waals surface area contributed by atoms with Crippen LogP contribution in [-0.4, -0.2) is 11.7 Å². The third-order valence-electron chi connectivity index (χ3n) is 3.68. The predicted octanol–water partition coefficient (Wildman–Crippen LogP) is 4.78. The topological polar surface area (TPSA) is 38.3 Å². The van der Waals surface area contributed by atoms with Crippen LogP contribution in [0.4, 0.5) is 10.5 Å². The summed E-state index contributed by atoms with van der Waals surface area (Å²) in [5, 5.41) is 4.95. The van der Waals surface area contributed by atoms with Gasteiger partial charge in [0, 0.05) is 10.3 Å². The van der Waals surface area contributed by atoms with E-state index in [4.69, 9.17) is 4.74 Å². The van der Waals surface area contributed by atoms with E-state index < -0.39 is 5.60 Å². The van der Waals surface area contributed by atoms with Crippen molar-refractivity contribution in [1.29, 1.82) is 0 Å². The number of hydrogen-bond acceptors (Lipinski definition) is 3. The molecule has 1 aromatic rings. The number of thiophene rings is 1. The van der Waals surface area contributed by atoms with Gasteiger partial charge in [0.05, 0.1) is 5.69 Å². The van der Waals surface area contributed by atoms with E-state index in [-0.39, 0.29) is 6.09 Å². The third kappa shape index (κ3) is 3.30. The summed E-state index contributed by atoms with van der Waals surface area (Å²) in [7, 11) is 0. The van der Waals surface area contributed by atoms with Gasteiger partial charge in [-0.2, -0.15) is 0 Å². The van der Waals surface area contributed by atoms with E-state index >= 15 is 0 Å². The molecule has 106 valence electrons. The van der Waals surface area contributed by atoms with Crippen molar-refractivity contribution in [2.24, 2.45) is 5.92 Å². The molecule has 0 saturated carbocycles. The van der Waals surface area contributed by atoms with E-state index in [2.05, 4.69) is 19.2 Å². The lowest BCUT2D eigenvalue weighted by atomic mass is 9.80. The summed E-state index contributed by atoms with van der Waals surface area (Å²) >= 11 is 1.75. The molecule has 0 saturated heterocycles. The zero-order chi connectivity index (χ0) is 14.2. The van der Waals surface area contributed by atoms with Crippen LogP contribution in [0, 0.1) is 5.92 Å². The Morgan fingerprint density at radius 2 is 2.11 bits per heavy atom. The number of anilines is 1. The normalized spacial score (nSPS) is 22.8. The smallest absolute Gasteiger partial charge is 0.412 e. The second-order valence-corrected chi connectivity index (χ2v) is 7.38. The Bertz CT molecular complexity index is 473. The van der Waals surface area contributed by atoms with Crippen LogP contribution in [0.2, 0.25) is 0 Å². The van der Waals surface area contributed by atoms with Crippen molar-refractivity contribution in [2.75, 3.05) is 5.32 Å². The first-order chi connectivity index (χ1) is 8.78. The lowest BCUT2D eigenvalue weighted by Gasteiger charge is -2.27. The van der Waals surface area contributed by atoms with Crippen LogP contribution < -0.4 is 5.32 Å². The largest absolute Gasteiger partial charge is 0.444 e. The molecule has 1 aliphatic carbocycles. The summed E-state index contributed by atoms with van der Waals surface area (Å²) in [6.45, 7) is 10.2. The molecule has 1 aliphatic rings. The maximum absolute atomic E-state index is 11.9. The van der Waals surface area contributed by atoms with Crippen molar-refractivity contribution in [1.82, 2.24) is 0 Å². The van der Waals surface area contributed by atoms with E-state index in [1.54, 1.807) is 11.3 Å². The number of nitrogens with one attached hydrogen (secondary N) is 1. The molecule has 0 aromatic carbocycles. The molecule has 0 spiro atoms. The molecule has 0 aliphatic heterocycles. The van der Waals surface area contributed by atoms with Crippen LogP contribution in [0.3, 0.4) is 0 Å². The summed E-state index contributed by atoms with van der Waals surface area (Å²) in [6.07, 6.45) is 2.00. The SMILES string of the molecule is CC1CCc2scc(NC(=O)OC(C)(C)C)c2C1C. The Hall–Kier alpha value is -1.03. The monoisotopic (exact) mass is 281 g/mol. The fourth-order valence-electron chi connectivity index (χ4n) is 2.50. The molecule has 2 rings (SSSR count). The number of rotatable bonds is 1. The van der Waals surface area contributed by atoms with Crippen molar-refractivity contribution < 1.29 is 9.53 Å². The van der Waals surface area contributed by atoms with Gasteiger partial charge in [-0.25, -0.2) is 4.79 Å². The first-order valence-corrected chi connectivity index (χ1v) is 7.76. The molecule has 1 amide bonds. The van der Waals surface area contributed by atoms with E-state index in [9.17, 15) is 4.79 Å². The summed E-state index contributed by atoms with van der Waals surface area (Å²) in [6, 6.07) is 0. The Morgan fingerprint density at radius 1 is 1.42 bits per heavy atom. The quantitative estimate of drug-likeness (QED) is 0.804. The van der Waals surface area contributed by atoms with Crippen molar-refractivity contribution in [3.8, 4) is 0 Å². The highest BCUT2D eigenvalue weighted by molar-refractivity contribution is 7.10. The van der Waals surface area contributed by atoms with Gasteiger partial charge in [0.2, 0.25) is 0 Å². The molecule has 0 fully saturated rings. The fourth-order valence-corrected chi connectivity index (χ4v) is 3.61. The Balaban J connectivity index is 2.15. The summed E-state index contributed by atoms with van der Waals surface area (Å²) in [5.74, 6) is 1.17. The molecule has 2 atom stereocenters. The highest BCUT2D eigenvalue weighted by atomic mass is 32.1. The van der Waals surface area contributed by atoms with Gasteiger partial charge in [0.1, 0.15) is 5.60 Å². The molecule has 0 bridgehead atoms. The summed E-state index contributed by atoms with van der Waals surface area (Å²) in [5.41, 5.74) is 1.79. The standard InChI is InChI=1S/C15H23NO2S/c1-9-6-7-12-13(10(9)2)11(8-19-12)16-14(17)18-15(3,4)5/h8-10H,6-7H2,1-5H3,(H,16,17). The molecular weight excluding hydrogens is 258 g/mol. The Kier molecular flexibility index (Phi) is 3.90. The maximum atomic E-state index is 11.9. The van der Waals surface area contributed by atoms with E-state index in [1.165, 1.54) is 16.9 Å². The molecule has 2 unspecified atom stereocenters. The second-order valence-electron chi connectivity index (χ2n) is 6.42. The van der Waals surface area contributed by atoms with E-state index in [0.29, 0.717) is 11.8 Å². The highest BCUT2D eigenvalue weighted by Gasteiger charge is 2.28. The second kappa shape index (κ2) is 5.16. The third-order valence-corrected chi connectivity index (χ3v) is 4.74. The highest BCUT2D eigenvalue weighted by Crippen LogP contribution is 2.43. The number of carbonyl (C=O) groups excluding carboxylic acids is 1. The molecule has 3 nitrogen and oxygen atoms in total. The van der Waals surface area contributed by atoms with Gasteiger partial charge in [-0.1, -0.05) is 13.8 Å². The number of fused-ring (bicyclic) bond motifs is 1. The molecule has 1 aromatic heterocycles. The van der Waals surface area contributed by atoms with Crippen LogP contribution in [0.25, 0.3) is 0 Å². The predicted molar refractivity (Wildman–Crippen MR) is 80.1 cm³/mol. The van der Waals surface area contributed by atoms with Gasteiger partial charge in [-0.15, -0.1) is 11.3 Å². The minimum atomic E-state index is -0.459. The minimum absolute atomic E-state index is 0.362. The van der Waals surface area contributed by atoms with Crippen LogP contribution >= 0.6 is 11.3 Å². The van der Waals surface area contributed by atoms with Crippen LogP contribution in [0.1, 0.15) is 57.4 Å². The number of carbonyl (C=O) groups is 1. The summed E-state index contributed by atoms with van der Waals surface area (Å²) < 4.78 is 5.32. The Morgan fingerprint density at radius 3 is 2.74 bits per heavy atom. The van der Waals surface area contributed by atoms with Gasteiger partial charge < -0.3 is 4.74 Å². The lowest BCUT2D eigenvalue weighted by Crippen LogP contribution is -2.27. The number of amides is 1. The van der Waals surface area contributed by atoms with Gasteiger partial charge in [0.15, 0.2) is 0 Å². The zero-order valence-corrected chi connectivity index (χ0v) is 13.2. The van der Waals surface area contributed by atoms with Crippen LogP contribution in [0.5, 0.6) is 0 Å². The van der Waals surface area contributed by atoms with Gasteiger partial charge in [0.25, 0.3) is 0 Å². The lowest BCUT2D eigenvalue weighted by molar-refractivity contribution is 0.0636. The van der Waals surface area contributed by atoms with Crippen molar-refractivity contribution >= 4 is 23.1 Å². The van der Waals surface area contributed by atoms with E-state index in [1.807, 2.05) is 26.2 Å². The number of hydrogen-bond donors (Lipinski definition) is 1. The van der Waals surface area contributed by atoms with Crippen LogP contribution in [-0.2, 0) is 11.2 Å². The zero-order valence-electron chi connectivity index (χ0n) is 12.4. The van der Waals surface area contributed by atoms with Crippen molar-refractivity contribution in [3.63, 3.8) is 0 Å². The fraction of sp³-hybridized carbons (Fsp3) is 0.667. The average Bonchev–Trinajstić information content (AvgIpc) is 2.65. The average molecular weight is 281 g/mol. The van der Waals surface area contributed by atoms with Crippen molar-refractivity contribution in [3.05, 3.63) is 15.8 Å². The first-order valence-electron chi connectivity index (χ1n) is 6.88. The van der Waals surface area contributed by atoms with E-state index in [0.717, 1.165) is 12.1 Å². The molecule has 4 heteroatoms. The van der Waals surface area contributed by atoms with Crippen molar-refractivity contribution in [2.45, 2.75) is 59.0 Å². The van der Waals surface area contributed by atoms with Gasteiger partial charge in [-0.05, 0) is 51.0 Å². The van der Waals surface area contributed by atoms with Crippen LogP contribution in [0.15, 0.2) is 5.38 Å². The Labute approximate surface area is 119 Å². The summed E-state index contributed by atoms with van der Waals surface area (Å²) in [4.78, 5) is 13.3. The van der Waals surface area contributed by atoms with Gasteiger partial charge in [-0.3, -0.25) is 5.32 Å². The molecule has 19 heavy (non-hydrogen) atoms.